The van der Waals surface area contributed by atoms with E-state index in [4.69, 9.17) is 39.5 Å². The fraction of sp³-hybridized carbons (Fsp3) is 0.222. The van der Waals surface area contributed by atoms with Crippen molar-refractivity contribution >= 4 is 52.4 Å². The van der Waals surface area contributed by atoms with Crippen LogP contribution >= 0.6 is 34.8 Å². The predicted octanol–water partition coefficient (Wildman–Crippen LogP) is 5.45. The Labute approximate surface area is 161 Å². The van der Waals surface area contributed by atoms with Crippen LogP contribution in [-0.2, 0) is 9.53 Å². The Kier molecular flexibility index (Phi) is 6.33. The highest BCUT2D eigenvalue weighted by Crippen LogP contribution is 2.33. The summed E-state index contributed by atoms with van der Waals surface area (Å²) < 4.78 is 5.25. The molecule has 132 valence electrons. The minimum absolute atomic E-state index is 0.193. The van der Waals surface area contributed by atoms with Gasteiger partial charge in [0.05, 0.1) is 21.3 Å². The zero-order valence-corrected chi connectivity index (χ0v) is 16.1. The monoisotopic (exact) mass is 399 g/mol. The third kappa shape index (κ3) is 4.88. The van der Waals surface area contributed by atoms with Gasteiger partial charge in [-0.1, -0.05) is 52.5 Å². The molecule has 1 amide bonds. The van der Waals surface area contributed by atoms with E-state index >= 15 is 0 Å². The molecular formula is C18H16Cl3NO3. The van der Waals surface area contributed by atoms with Crippen molar-refractivity contribution in [2.45, 2.75) is 26.9 Å². The number of rotatable bonds is 4. The molecule has 0 fully saturated rings. The molecule has 2 aromatic rings. The SMILES string of the molecule is Cc1ccc(C)c(C(=O)O[C@H](C)C(=O)Nc2c(Cl)cc(Cl)cc2Cl)c1. The van der Waals surface area contributed by atoms with Crippen LogP contribution in [0.25, 0.3) is 0 Å². The van der Waals surface area contributed by atoms with E-state index in [-0.39, 0.29) is 15.7 Å². The van der Waals surface area contributed by atoms with Crippen molar-refractivity contribution in [2.75, 3.05) is 5.32 Å². The smallest absolute Gasteiger partial charge is 0.339 e. The summed E-state index contributed by atoms with van der Waals surface area (Å²) in [7, 11) is 0. The molecule has 0 bridgehead atoms. The molecule has 0 spiro atoms. The maximum absolute atomic E-state index is 12.3. The molecule has 2 aromatic carbocycles. The number of hydrogen-bond donors (Lipinski definition) is 1. The molecule has 0 aliphatic rings. The number of halogens is 3. The number of anilines is 1. The van der Waals surface area contributed by atoms with Crippen molar-refractivity contribution in [3.05, 3.63) is 62.1 Å². The Morgan fingerprint density at radius 2 is 1.64 bits per heavy atom. The Morgan fingerprint density at radius 3 is 2.24 bits per heavy atom. The second-order valence-electron chi connectivity index (χ2n) is 5.60. The van der Waals surface area contributed by atoms with E-state index in [0.717, 1.165) is 11.1 Å². The lowest BCUT2D eigenvalue weighted by Gasteiger charge is -2.16. The predicted molar refractivity (Wildman–Crippen MR) is 101 cm³/mol. The van der Waals surface area contributed by atoms with Crippen molar-refractivity contribution in [3.8, 4) is 0 Å². The average molecular weight is 401 g/mol. The van der Waals surface area contributed by atoms with Crippen LogP contribution in [0.4, 0.5) is 5.69 Å². The van der Waals surface area contributed by atoms with Gasteiger partial charge in [-0.25, -0.2) is 4.79 Å². The molecule has 2 rings (SSSR count). The molecule has 0 aliphatic heterocycles. The van der Waals surface area contributed by atoms with E-state index in [1.807, 2.05) is 19.1 Å². The maximum Gasteiger partial charge on any atom is 0.339 e. The molecule has 0 saturated heterocycles. The number of carbonyl (C=O) groups is 2. The van der Waals surface area contributed by atoms with Gasteiger partial charge in [-0.2, -0.15) is 0 Å². The van der Waals surface area contributed by atoms with E-state index in [1.165, 1.54) is 19.1 Å². The van der Waals surface area contributed by atoms with Gasteiger partial charge >= 0.3 is 5.97 Å². The average Bonchev–Trinajstić information content (AvgIpc) is 2.52. The highest BCUT2D eigenvalue weighted by Gasteiger charge is 2.22. The van der Waals surface area contributed by atoms with Crippen molar-refractivity contribution in [2.24, 2.45) is 0 Å². The minimum Gasteiger partial charge on any atom is -0.449 e. The Hall–Kier alpha value is -1.75. The van der Waals surface area contributed by atoms with Crippen molar-refractivity contribution in [1.29, 1.82) is 0 Å². The Bertz CT molecular complexity index is 813. The third-order valence-corrected chi connectivity index (χ3v) is 4.34. The van der Waals surface area contributed by atoms with Gasteiger partial charge in [0.1, 0.15) is 0 Å². The lowest BCUT2D eigenvalue weighted by Crippen LogP contribution is -2.30. The standard InChI is InChI=1S/C18H16Cl3NO3/c1-9-4-5-10(2)13(6-9)18(24)25-11(3)17(23)22-16-14(20)7-12(19)8-15(16)21/h4-8,11H,1-3H3,(H,22,23)/t11-/m1/s1. The number of nitrogens with one attached hydrogen (secondary N) is 1. The summed E-state index contributed by atoms with van der Waals surface area (Å²) in [5.41, 5.74) is 2.33. The summed E-state index contributed by atoms with van der Waals surface area (Å²) in [5.74, 6) is -1.12. The number of amides is 1. The highest BCUT2D eigenvalue weighted by atomic mass is 35.5. The summed E-state index contributed by atoms with van der Waals surface area (Å²) in [6.45, 7) is 5.14. The zero-order valence-electron chi connectivity index (χ0n) is 13.8. The topological polar surface area (TPSA) is 55.4 Å². The van der Waals surface area contributed by atoms with Crippen LogP contribution in [0.3, 0.4) is 0 Å². The highest BCUT2D eigenvalue weighted by molar-refractivity contribution is 6.42. The van der Waals surface area contributed by atoms with Crippen LogP contribution in [0.5, 0.6) is 0 Å². The molecule has 0 saturated carbocycles. The van der Waals surface area contributed by atoms with Gasteiger partial charge < -0.3 is 10.1 Å². The molecule has 4 nitrogen and oxygen atoms in total. The largest absolute Gasteiger partial charge is 0.449 e. The molecule has 0 radical (unpaired) electrons. The number of hydrogen-bond acceptors (Lipinski definition) is 3. The molecule has 0 unspecified atom stereocenters. The van der Waals surface area contributed by atoms with Crippen LogP contribution in [0.15, 0.2) is 30.3 Å². The van der Waals surface area contributed by atoms with E-state index in [9.17, 15) is 9.59 Å². The molecule has 0 aliphatic carbocycles. The van der Waals surface area contributed by atoms with Gasteiger partial charge in [-0.15, -0.1) is 0 Å². The van der Waals surface area contributed by atoms with Crippen LogP contribution in [-0.4, -0.2) is 18.0 Å². The van der Waals surface area contributed by atoms with Gasteiger partial charge in [0.15, 0.2) is 6.10 Å². The van der Waals surface area contributed by atoms with E-state index < -0.39 is 18.0 Å². The first-order valence-corrected chi connectivity index (χ1v) is 8.56. The molecular weight excluding hydrogens is 385 g/mol. The lowest BCUT2D eigenvalue weighted by molar-refractivity contribution is -0.123. The quantitative estimate of drug-likeness (QED) is 0.694. The number of aryl methyl sites for hydroxylation is 2. The van der Waals surface area contributed by atoms with Crippen molar-refractivity contribution in [3.63, 3.8) is 0 Å². The van der Waals surface area contributed by atoms with Crippen LogP contribution in [0.2, 0.25) is 15.1 Å². The van der Waals surface area contributed by atoms with Gasteiger partial charge in [0.2, 0.25) is 0 Å². The summed E-state index contributed by atoms with van der Waals surface area (Å²) in [4.78, 5) is 24.6. The van der Waals surface area contributed by atoms with Gasteiger partial charge in [0, 0.05) is 5.02 Å². The third-order valence-electron chi connectivity index (χ3n) is 3.52. The lowest BCUT2D eigenvalue weighted by atomic mass is 10.1. The normalized spacial score (nSPS) is 11.8. The Balaban J connectivity index is 2.10. The number of esters is 1. The fourth-order valence-electron chi connectivity index (χ4n) is 2.12. The molecule has 1 atom stereocenters. The van der Waals surface area contributed by atoms with E-state index in [1.54, 1.807) is 13.0 Å². The number of benzene rings is 2. The molecule has 25 heavy (non-hydrogen) atoms. The van der Waals surface area contributed by atoms with Crippen LogP contribution < -0.4 is 5.32 Å². The van der Waals surface area contributed by atoms with Gasteiger partial charge in [0.25, 0.3) is 5.91 Å². The number of carbonyl (C=O) groups excluding carboxylic acids is 2. The van der Waals surface area contributed by atoms with Crippen LogP contribution in [0, 0.1) is 13.8 Å². The summed E-state index contributed by atoms with van der Waals surface area (Å²) in [5, 5.41) is 3.29. The Morgan fingerprint density at radius 1 is 1.04 bits per heavy atom. The van der Waals surface area contributed by atoms with Crippen molar-refractivity contribution < 1.29 is 14.3 Å². The maximum atomic E-state index is 12.3. The second-order valence-corrected chi connectivity index (χ2v) is 6.85. The molecule has 7 heteroatoms. The first kappa shape index (κ1) is 19.6. The van der Waals surface area contributed by atoms with Crippen molar-refractivity contribution in [1.82, 2.24) is 0 Å². The van der Waals surface area contributed by atoms with Gasteiger partial charge in [-0.05, 0) is 44.5 Å². The first-order valence-electron chi connectivity index (χ1n) is 7.42. The van der Waals surface area contributed by atoms with E-state index in [0.29, 0.717) is 10.6 Å². The number of ether oxygens (including phenoxy) is 1. The second kappa shape index (κ2) is 8.09. The summed E-state index contributed by atoms with van der Waals surface area (Å²) in [6, 6.07) is 8.35. The van der Waals surface area contributed by atoms with Gasteiger partial charge in [-0.3, -0.25) is 4.79 Å². The summed E-state index contributed by atoms with van der Waals surface area (Å²) >= 11 is 17.9. The van der Waals surface area contributed by atoms with Crippen LogP contribution in [0.1, 0.15) is 28.4 Å². The summed E-state index contributed by atoms with van der Waals surface area (Å²) in [6.07, 6.45) is -1.03. The first-order chi connectivity index (χ1) is 11.7. The molecule has 0 aromatic heterocycles. The zero-order chi connectivity index (χ0) is 18.7. The van der Waals surface area contributed by atoms with E-state index in [2.05, 4.69) is 5.32 Å². The molecule has 1 N–H and O–H groups in total. The molecule has 0 heterocycles. The minimum atomic E-state index is -1.03. The fourth-order valence-corrected chi connectivity index (χ4v) is 3.03.